The molecule has 0 bridgehead atoms. The van der Waals surface area contributed by atoms with Gasteiger partial charge in [0.2, 0.25) is 5.91 Å². The zero-order chi connectivity index (χ0) is 21.0. The quantitative estimate of drug-likeness (QED) is 0.697. The van der Waals surface area contributed by atoms with Crippen LogP contribution in [0.15, 0.2) is 54.7 Å². The highest BCUT2D eigenvalue weighted by Gasteiger charge is 2.13. The van der Waals surface area contributed by atoms with E-state index in [9.17, 15) is 9.59 Å². The lowest BCUT2D eigenvalue weighted by atomic mass is 10.2. The third-order valence-electron chi connectivity index (χ3n) is 4.55. The molecule has 0 fully saturated rings. The minimum absolute atomic E-state index is 0.0171. The Morgan fingerprint density at radius 2 is 1.97 bits per heavy atom. The Balaban J connectivity index is 1.76. The number of anilines is 1. The minimum atomic E-state index is -0.313. The van der Waals surface area contributed by atoms with Crippen LogP contribution in [0.3, 0.4) is 0 Å². The van der Waals surface area contributed by atoms with E-state index in [1.807, 2.05) is 43.3 Å². The maximum atomic E-state index is 12.6. The molecule has 2 aromatic carbocycles. The molecule has 0 spiro atoms. The van der Waals surface area contributed by atoms with Gasteiger partial charge in [0.1, 0.15) is 11.4 Å². The summed E-state index contributed by atoms with van der Waals surface area (Å²) in [5, 5.41) is 7.25. The van der Waals surface area contributed by atoms with E-state index >= 15 is 0 Å². The Bertz CT molecular complexity index is 1040. The van der Waals surface area contributed by atoms with Crippen molar-refractivity contribution in [3.8, 4) is 11.4 Å². The van der Waals surface area contributed by atoms with Crippen molar-refractivity contribution in [3.05, 3.63) is 71.5 Å². The fourth-order valence-corrected chi connectivity index (χ4v) is 2.89. The van der Waals surface area contributed by atoms with Gasteiger partial charge in [-0.2, -0.15) is 5.10 Å². The number of hydrogen-bond acceptors (Lipinski definition) is 4. The number of aromatic nitrogens is 2. The number of ether oxygens (including phenoxy) is 1. The van der Waals surface area contributed by atoms with Gasteiger partial charge in [0.25, 0.3) is 5.91 Å². The summed E-state index contributed by atoms with van der Waals surface area (Å²) in [5.74, 6) is 0.344. The van der Waals surface area contributed by atoms with Crippen molar-refractivity contribution in [1.82, 2.24) is 14.7 Å². The summed E-state index contributed by atoms with van der Waals surface area (Å²) in [6, 6.07) is 14.8. The average Bonchev–Trinajstić information content (AvgIpc) is 3.18. The zero-order valence-corrected chi connectivity index (χ0v) is 17.0. The molecule has 1 heterocycles. The molecular weight excluding hydrogens is 368 g/mol. The van der Waals surface area contributed by atoms with Crippen molar-refractivity contribution in [2.24, 2.45) is 0 Å². The lowest BCUT2D eigenvalue weighted by Crippen LogP contribution is -2.23. The third kappa shape index (κ3) is 4.82. The molecule has 1 aromatic heterocycles. The van der Waals surface area contributed by atoms with Crippen LogP contribution in [0.25, 0.3) is 5.69 Å². The first-order valence-electron chi connectivity index (χ1n) is 9.20. The molecule has 29 heavy (non-hydrogen) atoms. The number of aryl methyl sites for hydroxylation is 1. The summed E-state index contributed by atoms with van der Waals surface area (Å²) < 4.78 is 7.02. The van der Waals surface area contributed by atoms with Crippen molar-refractivity contribution in [2.75, 3.05) is 19.5 Å². The van der Waals surface area contributed by atoms with Crippen LogP contribution >= 0.6 is 0 Å². The van der Waals surface area contributed by atoms with Gasteiger partial charge in [-0.1, -0.05) is 18.2 Å². The van der Waals surface area contributed by atoms with Crippen LogP contribution in [-0.2, 0) is 11.3 Å². The number of carbonyl (C=O) groups excluding carboxylic acids is 2. The minimum Gasteiger partial charge on any atom is -0.494 e. The van der Waals surface area contributed by atoms with Gasteiger partial charge in [-0.3, -0.25) is 9.59 Å². The van der Waals surface area contributed by atoms with Crippen molar-refractivity contribution >= 4 is 17.5 Å². The van der Waals surface area contributed by atoms with E-state index in [0.717, 1.165) is 16.8 Å². The summed E-state index contributed by atoms with van der Waals surface area (Å²) in [4.78, 5) is 25.7. The van der Waals surface area contributed by atoms with Gasteiger partial charge >= 0.3 is 0 Å². The molecule has 3 rings (SSSR count). The Morgan fingerprint density at radius 3 is 2.69 bits per heavy atom. The standard InChI is InChI=1S/C22H24N4O3/c1-15-8-9-21(29-4)20(12-15)26-11-10-19(24-26)22(28)23-18-7-5-6-17(13-18)14-25(3)16(2)27/h5-13H,14H2,1-4H3,(H,23,28). The number of benzene rings is 2. The number of nitrogens with one attached hydrogen (secondary N) is 1. The Labute approximate surface area is 169 Å². The van der Waals surface area contributed by atoms with Crippen LogP contribution in [-0.4, -0.2) is 40.7 Å². The summed E-state index contributed by atoms with van der Waals surface area (Å²) in [5.41, 5.74) is 3.69. The SMILES string of the molecule is COc1ccc(C)cc1-n1ccc(C(=O)Nc2cccc(CN(C)C(C)=O)c2)n1. The van der Waals surface area contributed by atoms with Crippen LogP contribution in [0.1, 0.15) is 28.5 Å². The molecule has 150 valence electrons. The second kappa shape index (κ2) is 8.60. The Kier molecular flexibility index (Phi) is 5.97. The number of methoxy groups -OCH3 is 1. The molecule has 0 atom stereocenters. The molecular formula is C22H24N4O3. The van der Waals surface area contributed by atoms with Crippen molar-refractivity contribution < 1.29 is 14.3 Å². The molecule has 0 aliphatic heterocycles. The molecule has 0 aliphatic rings. The van der Waals surface area contributed by atoms with Crippen molar-refractivity contribution in [1.29, 1.82) is 0 Å². The maximum Gasteiger partial charge on any atom is 0.276 e. The van der Waals surface area contributed by atoms with E-state index in [2.05, 4.69) is 10.4 Å². The van der Waals surface area contributed by atoms with Crippen LogP contribution in [0, 0.1) is 6.92 Å². The highest BCUT2D eigenvalue weighted by Crippen LogP contribution is 2.23. The molecule has 7 nitrogen and oxygen atoms in total. The molecule has 0 aliphatic carbocycles. The molecule has 3 aromatic rings. The molecule has 7 heteroatoms. The molecule has 1 N–H and O–H groups in total. The van der Waals surface area contributed by atoms with Gasteiger partial charge in [0.15, 0.2) is 5.69 Å². The highest BCUT2D eigenvalue weighted by molar-refractivity contribution is 6.02. The van der Waals surface area contributed by atoms with Gasteiger partial charge in [0.05, 0.1) is 7.11 Å². The van der Waals surface area contributed by atoms with Gasteiger partial charge < -0.3 is 15.0 Å². The smallest absolute Gasteiger partial charge is 0.276 e. The Hall–Kier alpha value is -3.61. The molecule has 0 unspecified atom stereocenters. The number of hydrogen-bond donors (Lipinski definition) is 1. The molecule has 2 amide bonds. The maximum absolute atomic E-state index is 12.6. The lowest BCUT2D eigenvalue weighted by Gasteiger charge is -2.15. The predicted octanol–water partition coefficient (Wildman–Crippen LogP) is 3.42. The van der Waals surface area contributed by atoms with E-state index in [0.29, 0.717) is 23.7 Å². The number of carbonyl (C=O) groups is 2. The van der Waals surface area contributed by atoms with Gasteiger partial charge in [-0.25, -0.2) is 4.68 Å². The van der Waals surface area contributed by atoms with Gasteiger partial charge in [-0.15, -0.1) is 0 Å². The first kappa shape index (κ1) is 20.1. The van der Waals surface area contributed by atoms with Crippen molar-refractivity contribution in [3.63, 3.8) is 0 Å². The van der Waals surface area contributed by atoms with E-state index in [1.165, 1.54) is 6.92 Å². The van der Waals surface area contributed by atoms with Crippen molar-refractivity contribution in [2.45, 2.75) is 20.4 Å². The zero-order valence-electron chi connectivity index (χ0n) is 17.0. The van der Waals surface area contributed by atoms with Gasteiger partial charge in [0, 0.05) is 32.4 Å². The predicted molar refractivity (Wildman–Crippen MR) is 111 cm³/mol. The fraction of sp³-hybridized carbons (Fsp3) is 0.227. The normalized spacial score (nSPS) is 10.5. The first-order chi connectivity index (χ1) is 13.9. The second-order valence-electron chi connectivity index (χ2n) is 6.85. The monoisotopic (exact) mass is 392 g/mol. The summed E-state index contributed by atoms with van der Waals surface area (Å²) in [7, 11) is 3.33. The fourth-order valence-electron chi connectivity index (χ4n) is 2.89. The largest absolute Gasteiger partial charge is 0.494 e. The van der Waals surface area contributed by atoms with E-state index in [1.54, 1.807) is 42.1 Å². The average molecular weight is 392 g/mol. The number of nitrogens with zero attached hydrogens (tertiary/aromatic N) is 3. The van der Waals surface area contributed by atoms with E-state index < -0.39 is 0 Å². The number of amides is 2. The molecule has 0 saturated carbocycles. The second-order valence-corrected chi connectivity index (χ2v) is 6.85. The summed E-state index contributed by atoms with van der Waals surface area (Å²) in [6.07, 6.45) is 1.73. The molecule has 0 radical (unpaired) electrons. The van der Waals surface area contributed by atoms with Crippen LogP contribution in [0.2, 0.25) is 0 Å². The first-order valence-corrected chi connectivity index (χ1v) is 9.20. The number of rotatable bonds is 6. The lowest BCUT2D eigenvalue weighted by molar-refractivity contribution is -0.128. The van der Waals surface area contributed by atoms with Gasteiger partial charge in [-0.05, 0) is 48.4 Å². The summed E-state index contributed by atoms with van der Waals surface area (Å²) >= 11 is 0. The van der Waals surface area contributed by atoms with Crippen LogP contribution in [0.5, 0.6) is 5.75 Å². The summed E-state index contributed by atoms with van der Waals surface area (Å²) in [6.45, 7) is 3.97. The highest BCUT2D eigenvalue weighted by atomic mass is 16.5. The third-order valence-corrected chi connectivity index (χ3v) is 4.55. The topological polar surface area (TPSA) is 76.5 Å². The van der Waals surface area contributed by atoms with E-state index in [-0.39, 0.29) is 11.8 Å². The van der Waals surface area contributed by atoms with E-state index in [4.69, 9.17) is 4.74 Å². The molecule has 0 saturated heterocycles. The van der Waals surface area contributed by atoms with Crippen LogP contribution < -0.4 is 10.1 Å². The Morgan fingerprint density at radius 1 is 1.17 bits per heavy atom. The van der Waals surface area contributed by atoms with Crippen LogP contribution in [0.4, 0.5) is 5.69 Å².